The molecule has 0 saturated heterocycles. The second-order valence-corrected chi connectivity index (χ2v) is 6.03. The van der Waals surface area contributed by atoms with Crippen LogP contribution in [0.15, 0.2) is 65.6 Å². The maximum atomic E-state index is 12.5. The van der Waals surface area contributed by atoms with Crippen LogP contribution in [0.4, 0.5) is 5.69 Å². The topological polar surface area (TPSA) is 90.6 Å². The van der Waals surface area contributed by atoms with Crippen molar-refractivity contribution in [2.75, 3.05) is 5.32 Å². The monoisotopic (exact) mass is 344 g/mol. The van der Waals surface area contributed by atoms with Gasteiger partial charge in [0.05, 0.1) is 16.6 Å². The quantitative estimate of drug-likeness (QED) is 0.531. The van der Waals surface area contributed by atoms with Crippen LogP contribution in [0.3, 0.4) is 0 Å². The van der Waals surface area contributed by atoms with Crippen molar-refractivity contribution in [1.29, 1.82) is 0 Å². The fourth-order valence-corrected chi connectivity index (χ4v) is 2.85. The van der Waals surface area contributed by atoms with Crippen molar-refractivity contribution >= 4 is 22.6 Å². The van der Waals surface area contributed by atoms with E-state index >= 15 is 0 Å². The first-order valence-corrected chi connectivity index (χ1v) is 8.16. The molecule has 4 aromatic rings. The lowest BCUT2D eigenvalue weighted by molar-refractivity contribution is 0.102. The molecule has 0 atom stereocenters. The lowest BCUT2D eigenvalue weighted by Gasteiger charge is -2.08. The molecule has 0 aliphatic heterocycles. The highest BCUT2D eigenvalue weighted by molar-refractivity contribution is 6.05. The number of pyridine rings is 1. The molecule has 2 heterocycles. The SMILES string of the molecule is Cc1cc(=O)[nH]cc1C(=O)Nc1cccc(-c2nc3ccccc3[nH]2)c1. The van der Waals surface area contributed by atoms with E-state index in [9.17, 15) is 9.59 Å². The van der Waals surface area contributed by atoms with Gasteiger partial charge in [0.25, 0.3) is 5.91 Å². The van der Waals surface area contributed by atoms with E-state index in [1.54, 1.807) is 6.92 Å². The Bertz CT molecular complexity index is 1140. The number of amides is 1. The first-order chi connectivity index (χ1) is 12.6. The highest BCUT2D eigenvalue weighted by atomic mass is 16.1. The fourth-order valence-electron chi connectivity index (χ4n) is 2.85. The molecule has 0 aliphatic carbocycles. The highest BCUT2D eigenvalue weighted by Crippen LogP contribution is 2.23. The minimum Gasteiger partial charge on any atom is -0.338 e. The predicted molar refractivity (Wildman–Crippen MR) is 101 cm³/mol. The molecule has 6 heteroatoms. The molecule has 3 N–H and O–H groups in total. The van der Waals surface area contributed by atoms with Gasteiger partial charge < -0.3 is 15.3 Å². The Morgan fingerprint density at radius 3 is 2.73 bits per heavy atom. The summed E-state index contributed by atoms with van der Waals surface area (Å²) in [6.07, 6.45) is 1.43. The molecule has 0 bridgehead atoms. The maximum Gasteiger partial charge on any atom is 0.257 e. The summed E-state index contributed by atoms with van der Waals surface area (Å²) in [7, 11) is 0. The number of nitrogens with zero attached hydrogens (tertiary/aromatic N) is 1. The minimum absolute atomic E-state index is 0.231. The third-order valence-corrected chi connectivity index (χ3v) is 4.16. The number of carbonyl (C=O) groups excluding carboxylic acids is 1. The van der Waals surface area contributed by atoms with E-state index in [1.165, 1.54) is 12.3 Å². The van der Waals surface area contributed by atoms with E-state index in [4.69, 9.17) is 0 Å². The van der Waals surface area contributed by atoms with Crippen molar-refractivity contribution in [2.24, 2.45) is 0 Å². The van der Waals surface area contributed by atoms with E-state index < -0.39 is 0 Å². The van der Waals surface area contributed by atoms with Gasteiger partial charge in [-0.1, -0.05) is 24.3 Å². The molecule has 4 rings (SSSR count). The summed E-state index contributed by atoms with van der Waals surface area (Å²) in [5, 5.41) is 2.86. The van der Waals surface area contributed by atoms with Crippen molar-refractivity contribution < 1.29 is 4.79 Å². The molecule has 0 fully saturated rings. The Hall–Kier alpha value is -3.67. The van der Waals surface area contributed by atoms with Crippen molar-refractivity contribution in [1.82, 2.24) is 15.0 Å². The first-order valence-electron chi connectivity index (χ1n) is 8.16. The van der Waals surface area contributed by atoms with E-state index in [2.05, 4.69) is 20.3 Å². The van der Waals surface area contributed by atoms with Crippen LogP contribution in [0.1, 0.15) is 15.9 Å². The molecule has 0 aliphatic rings. The van der Waals surface area contributed by atoms with Gasteiger partial charge in [0.15, 0.2) is 0 Å². The zero-order valence-electron chi connectivity index (χ0n) is 14.0. The lowest BCUT2D eigenvalue weighted by atomic mass is 10.1. The third kappa shape index (κ3) is 3.00. The molecule has 0 unspecified atom stereocenters. The van der Waals surface area contributed by atoms with Gasteiger partial charge in [-0.25, -0.2) is 4.98 Å². The van der Waals surface area contributed by atoms with E-state index in [0.717, 1.165) is 22.4 Å². The maximum absolute atomic E-state index is 12.5. The summed E-state index contributed by atoms with van der Waals surface area (Å²) in [6, 6.07) is 16.7. The molecule has 6 nitrogen and oxygen atoms in total. The number of aromatic nitrogens is 3. The van der Waals surface area contributed by atoms with Crippen LogP contribution >= 0.6 is 0 Å². The van der Waals surface area contributed by atoms with Crippen molar-refractivity contribution in [3.05, 3.63) is 82.3 Å². The second-order valence-electron chi connectivity index (χ2n) is 6.03. The van der Waals surface area contributed by atoms with Gasteiger partial charge in [-0.3, -0.25) is 9.59 Å². The third-order valence-electron chi connectivity index (χ3n) is 4.16. The van der Waals surface area contributed by atoms with Crippen LogP contribution < -0.4 is 10.9 Å². The number of H-pyrrole nitrogens is 2. The lowest BCUT2D eigenvalue weighted by Crippen LogP contribution is -2.16. The number of nitrogens with one attached hydrogen (secondary N) is 3. The molecule has 2 aromatic heterocycles. The fraction of sp³-hybridized carbons (Fsp3) is 0.0500. The molecule has 0 saturated carbocycles. The van der Waals surface area contributed by atoms with Gasteiger partial charge in [0.1, 0.15) is 5.82 Å². The highest BCUT2D eigenvalue weighted by Gasteiger charge is 2.11. The number of aromatic amines is 2. The second kappa shape index (κ2) is 6.33. The van der Waals surface area contributed by atoms with Gasteiger partial charge >= 0.3 is 0 Å². The molecular formula is C20H16N4O2. The molecule has 128 valence electrons. The van der Waals surface area contributed by atoms with Gasteiger partial charge in [-0.15, -0.1) is 0 Å². The van der Waals surface area contributed by atoms with Crippen molar-refractivity contribution in [3.63, 3.8) is 0 Å². The first kappa shape index (κ1) is 15.8. The number of hydrogen-bond donors (Lipinski definition) is 3. The number of aryl methyl sites for hydroxylation is 1. The number of benzene rings is 2. The van der Waals surface area contributed by atoms with Crippen molar-refractivity contribution in [2.45, 2.75) is 6.92 Å². The van der Waals surface area contributed by atoms with E-state index in [1.807, 2.05) is 48.5 Å². The van der Waals surface area contributed by atoms with Crippen molar-refractivity contribution in [3.8, 4) is 11.4 Å². The summed E-state index contributed by atoms with van der Waals surface area (Å²) >= 11 is 0. The molecule has 1 amide bonds. The average Bonchev–Trinajstić information content (AvgIpc) is 3.06. The van der Waals surface area contributed by atoms with Gasteiger partial charge in [-0.05, 0) is 36.8 Å². The Kier molecular flexibility index (Phi) is 3.85. The smallest absolute Gasteiger partial charge is 0.257 e. The number of para-hydroxylation sites is 2. The van der Waals surface area contributed by atoms with Crippen LogP contribution in [0, 0.1) is 6.92 Å². The number of carbonyl (C=O) groups is 1. The Morgan fingerprint density at radius 1 is 1.08 bits per heavy atom. The Balaban J connectivity index is 1.63. The molecule has 2 aromatic carbocycles. The Morgan fingerprint density at radius 2 is 1.92 bits per heavy atom. The molecule has 26 heavy (non-hydrogen) atoms. The van der Waals surface area contributed by atoms with E-state index in [-0.39, 0.29) is 11.5 Å². The Labute approximate surface area is 148 Å². The molecule has 0 radical (unpaired) electrons. The van der Waals surface area contributed by atoms with Crippen LogP contribution in [0.2, 0.25) is 0 Å². The summed E-state index contributed by atoms with van der Waals surface area (Å²) in [5.41, 5.74) is 4.20. The number of fused-ring (bicyclic) bond motifs is 1. The van der Waals surface area contributed by atoms with Crippen LogP contribution in [0.25, 0.3) is 22.4 Å². The minimum atomic E-state index is -0.277. The average molecular weight is 344 g/mol. The number of imidazole rings is 1. The van der Waals surface area contributed by atoms with Crippen LogP contribution in [-0.2, 0) is 0 Å². The summed E-state index contributed by atoms with van der Waals surface area (Å²) in [4.78, 5) is 34.2. The zero-order chi connectivity index (χ0) is 18.1. The number of hydrogen-bond acceptors (Lipinski definition) is 3. The normalized spacial score (nSPS) is 10.8. The van der Waals surface area contributed by atoms with Gasteiger partial charge in [0.2, 0.25) is 5.56 Å². The van der Waals surface area contributed by atoms with Crippen LogP contribution in [-0.4, -0.2) is 20.9 Å². The molecule has 0 spiro atoms. The molecular weight excluding hydrogens is 328 g/mol. The van der Waals surface area contributed by atoms with E-state index in [0.29, 0.717) is 16.8 Å². The summed E-state index contributed by atoms with van der Waals surface area (Å²) in [6.45, 7) is 1.73. The summed E-state index contributed by atoms with van der Waals surface area (Å²) < 4.78 is 0. The van der Waals surface area contributed by atoms with Crippen LogP contribution in [0.5, 0.6) is 0 Å². The summed E-state index contributed by atoms with van der Waals surface area (Å²) in [5.74, 6) is 0.461. The zero-order valence-corrected chi connectivity index (χ0v) is 14.0. The van der Waals surface area contributed by atoms with Gasteiger partial charge in [-0.2, -0.15) is 0 Å². The predicted octanol–water partition coefficient (Wildman–Crippen LogP) is 3.48. The standard InChI is InChI=1S/C20H16N4O2/c1-12-9-18(25)21-11-15(12)20(26)22-14-6-4-5-13(10-14)19-23-16-7-2-3-8-17(16)24-19/h2-11H,1H3,(H,21,25)(H,22,26)(H,23,24). The number of rotatable bonds is 3. The number of anilines is 1. The van der Waals surface area contributed by atoms with Gasteiger partial charge in [0, 0.05) is 23.5 Å². The largest absolute Gasteiger partial charge is 0.338 e.